The Morgan fingerprint density at radius 3 is 2.45 bits per heavy atom. The molecule has 0 fully saturated rings. The molecule has 112 valence electrons. The SMILES string of the molecule is CC(OC(=S)Oc1ccccc1)C(F)(F)CP(=O)(O)O. The maximum atomic E-state index is 13.5. The molecule has 0 spiro atoms. The summed E-state index contributed by atoms with van der Waals surface area (Å²) < 4.78 is 47.3. The van der Waals surface area contributed by atoms with E-state index in [4.69, 9.17) is 14.5 Å². The highest BCUT2D eigenvalue weighted by atomic mass is 32.1. The zero-order valence-electron chi connectivity index (χ0n) is 10.4. The minimum atomic E-state index is -4.87. The Hall–Kier alpha value is -1.08. The molecular weight excluding hydrogens is 313 g/mol. The molecule has 0 aliphatic heterocycles. The Labute approximate surface area is 119 Å². The van der Waals surface area contributed by atoms with Crippen molar-refractivity contribution in [3.8, 4) is 5.75 Å². The number of alkyl halides is 2. The van der Waals surface area contributed by atoms with E-state index in [0.717, 1.165) is 6.92 Å². The van der Waals surface area contributed by atoms with Gasteiger partial charge in [-0.1, -0.05) is 18.2 Å². The summed E-state index contributed by atoms with van der Waals surface area (Å²) >= 11 is 4.65. The monoisotopic (exact) mass is 326 g/mol. The van der Waals surface area contributed by atoms with Crippen molar-refractivity contribution in [3.05, 3.63) is 30.3 Å². The van der Waals surface area contributed by atoms with Gasteiger partial charge in [0.25, 0.3) is 5.92 Å². The summed E-state index contributed by atoms with van der Waals surface area (Å²) in [6, 6.07) is 8.14. The molecule has 0 aromatic heterocycles. The van der Waals surface area contributed by atoms with Crippen LogP contribution in [0.3, 0.4) is 0 Å². The van der Waals surface area contributed by atoms with Crippen LogP contribution in [0, 0.1) is 0 Å². The summed E-state index contributed by atoms with van der Waals surface area (Å²) in [6.07, 6.45) is -3.44. The summed E-state index contributed by atoms with van der Waals surface area (Å²) in [5.41, 5.74) is 0. The van der Waals surface area contributed by atoms with Crippen LogP contribution in [0.2, 0.25) is 0 Å². The molecule has 0 radical (unpaired) electrons. The lowest BCUT2D eigenvalue weighted by Gasteiger charge is -2.24. The van der Waals surface area contributed by atoms with E-state index in [-0.39, 0.29) is 0 Å². The van der Waals surface area contributed by atoms with Gasteiger partial charge < -0.3 is 19.3 Å². The number of thiocarbonyl (C=S) groups is 1. The molecule has 0 aliphatic carbocycles. The summed E-state index contributed by atoms with van der Waals surface area (Å²) in [7, 11) is -4.87. The third-order valence-corrected chi connectivity index (χ3v) is 3.24. The second-order valence-electron chi connectivity index (χ2n) is 4.01. The lowest BCUT2D eigenvalue weighted by Crippen LogP contribution is -2.38. The Kier molecular flexibility index (Phi) is 5.59. The second-order valence-corrected chi connectivity index (χ2v) is 5.99. The average molecular weight is 326 g/mol. The molecule has 1 atom stereocenters. The van der Waals surface area contributed by atoms with Crippen molar-refractivity contribution in [1.29, 1.82) is 0 Å². The summed E-state index contributed by atoms with van der Waals surface area (Å²) in [6.45, 7) is 0.955. The van der Waals surface area contributed by atoms with E-state index in [9.17, 15) is 13.3 Å². The Bertz CT molecular complexity index is 505. The Morgan fingerprint density at radius 2 is 1.95 bits per heavy atom. The van der Waals surface area contributed by atoms with Crippen LogP contribution in [-0.2, 0) is 9.30 Å². The highest BCUT2D eigenvalue weighted by molar-refractivity contribution is 7.79. The van der Waals surface area contributed by atoms with Crippen LogP contribution >= 0.6 is 19.8 Å². The third-order valence-electron chi connectivity index (χ3n) is 2.23. The predicted octanol–water partition coefficient (Wildman–Crippen LogP) is 2.57. The fourth-order valence-electron chi connectivity index (χ4n) is 1.24. The molecule has 0 amide bonds. The molecule has 0 aliphatic rings. The summed E-state index contributed by atoms with van der Waals surface area (Å²) in [5.74, 6) is -3.42. The van der Waals surface area contributed by atoms with E-state index >= 15 is 0 Å². The van der Waals surface area contributed by atoms with Crippen molar-refractivity contribution in [2.75, 3.05) is 6.16 Å². The van der Waals surface area contributed by atoms with Crippen LogP contribution < -0.4 is 4.74 Å². The third kappa shape index (κ3) is 5.92. The summed E-state index contributed by atoms with van der Waals surface area (Å²) in [5, 5.41) is -0.547. The largest absolute Gasteiger partial charge is 0.447 e. The van der Waals surface area contributed by atoms with Gasteiger partial charge >= 0.3 is 12.8 Å². The van der Waals surface area contributed by atoms with Gasteiger partial charge in [-0.05, 0) is 19.1 Å². The molecule has 1 rings (SSSR count). The molecule has 0 bridgehead atoms. The highest BCUT2D eigenvalue weighted by Gasteiger charge is 2.44. The van der Waals surface area contributed by atoms with Gasteiger partial charge in [-0.2, -0.15) is 0 Å². The van der Waals surface area contributed by atoms with Crippen molar-refractivity contribution in [2.24, 2.45) is 0 Å². The van der Waals surface area contributed by atoms with Gasteiger partial charge in [0.15, 0.2) is 6.10 Å². The Morgan fingerprint density at radius 1 is 1.40 bits per heavy atom. The molecule has 9 heteroatoms. The fourth-order valence-corrected chi connectivity index (χ4v) is 2.29. The van der Waals surface area contributed by atoms with E-state index in [2.05, 4.69) is 17.0 Å². The van der Waals surface area contributed by atoms with Crippen LogP contribution in [0.5, 0.6) is 5.75 Å². The van der Waals surface area contributed by atoms with Crippen molar-refractivity contribution in [2.45, 2.75) is 19.0 Å². The van der Waals surface area contributed by atoms with Gasteiger partial charge in [0.1, 0.15) is 11.9 Å². The average Bonchev–Trinajstić information content (AvgIpc) is 2.26. The minimum Gasteiger partial charge on any atom is -0.447 e. The van der Waals surface area contributed by atoms with E-state index in [1.807, 2.05) is 0 Å². The fraction of sp³-hybridized carbons (Fsp3) is 0.364. The molecule has 20 heavy (non-hydrogen) atoms. The first-order valence-electron chi connectivity index (χ1n) is 5.46. The number of ether oxygens (including phenoxy) is 2. The number of benzene rings is 1. The van der Waals surface area contributed by atoms with E-state index in [0.29, 0.717) is 5.75 Å². The quantitative estimate of drug-likeness (QED) is 0.640. The molecule has 2 N–H and O–H groups in total. The van der Waals surface area contributed by atoms with Crippen LogP contribution in [0.15, 0.2) is 30.3 Å². The zero-order valence-corrected chi connectivity index (χ0v) is 12.1. The molecule has 1 aromatic carbocycles. The van der Waals surface area contributed by atoms with Crippen LogP contribution in [0.1, 0.15) is 6.92 Å². The number of hydrogen-bond acceptors (Lipinski definition) is 4. The summed E-state index contributed by atoms with van der Waals surface area (Å²) in [4.78, 5) is 17.2. The minimum absolute atomic E-state index is 0.308. The molecule has 5 nitrogen and oxygen atoms in total. The first-order valence-corrected chi connectivity index (χ1v) is 7.67. The number of rotatable bonds is 5. The van der Waals surface area contributed by atoms with Crippen molar-refractivity contribution in [1.82, 2.24) is 0 Å². The molecule has 0 heterocycles. The number of halogens is 2. The van der Waals surface area contributed by atoms with Crippen LogP contribution in [-0.4, -0.2) is 33.2 Å². The molecule has 1 aromatic rings. The smallest absolute Gasteiger partial charge is 0.358 e. The van der Waals surface area contributed by atoms with Crippen LogP contribution in [0.25, 0.3) is 0 Å². The van der Waals surface area contributed by atoms with Gasteiger partial charge in [-0.15, -0.1) is 0 Å². The van der Waals surface area contributed by atoms with Crippen LogP contribution in [0.4, 0.5) is 8.78 Å². The van der Waals surface area contributed by atoms with Crippen molar-refractivity contribution in [3.63, 3.8) is 0 Å². The number of hydrogen-bond donors (Lipinski definition) is 2. The lowest BCUT2D eigenvalue weighted by atomic mass is 10.2. The van der Waals surface area contributed by atoms with Gasteiger partial charge in [0, 0.05) is 12.2 Å². The van der Waals surface area contributed by atoms with E-state index in [1.165, 1.54) is 0 Å². The van der Waals surface area contributed by atoms with E-state index < -0.39 is 31.0 Å². The lowest BCUT2D eigenvalue weighted by molar-refractivity contribution is -0.0813. The van der Waals surface area contributed by atoms with E-state index in [1.54, 1.807) is 30.3 Å². The molecular formula is C11H13F2O5PS. The normalized spacial score (nSPS) is 13.7. The maximum Gasteiger partial charge on any atom is 0.358 e. The topological polar surface area (TPSA) is 76.0 Å². The molecule has 0 saturated heterocycles. The predicted molar refractivity (Wildman–Crippen MR) is 72.1 cm³/mol. The van der Waals surface area contributed by atoms with Gasteiger partial charge in [0.2, 0.25) is 0 Å². The van der Waals surface area contributed by atoms with Gasteiger partial charge in [-0.25, -0.2) is 8.78 Å². The maximum absolute atomic E-state index is 13.5. The highest BCUT2D eigenvalue weighted by Crippen LogP contribution is 2.42. The molecule has 1 unspecified atom stereocenters. The first-order chi connectivity index (χ1) is 9.10. The first kappa shape index (κ1) is 17.0. The Balaban J connectivity index is 2.59. The van der Waals surface area contributed by atoms with Crippen molar-refractivity contribution < 1.29 is 32.6 Å². The standard InChI is InChI=1S/C11H13F2O5PS/c1-8(11(12,13)7-19(14,15)16)17-10(20)18-9-5-3-2-4-6-9/h2-6,8H,7H2,1H3,(H2,14,15,16). The zero-order chi connectivity index (χ0) is 15.4. The van der Waals surface area contributed by atoms with Gasteiger partial charge in [-0.3, -0.25) is 4.57 Å². The number of para-hydroxylation sites is 1. The second kappa shape index (κ2) is 6.58. The van der Waals surface area contributed by atoms with Gasteiger partial charge in [0.05, 0.1) is 0 Å². The van der Waals surface area contributed by atoms with Crippen molar-refractivity contribution >= 4 is 25.1 Å². The molecule has 0 saturated carbocycles.